The van der Waals surface area contributed by atoms with E-state index in [4.69, 9.17) is 14.5 Å². The van der Waals surface area contributed by atoms with Crippen molar-refractivity contribution in [3.05, 3.63) is 60.0 Å². The zero-order valence-electron chi connectivity index (χ0n) is 30.7. The molecule has 3 aromatic rings. The SMILES string of the molecule is CCC(C)(C)CNC(=O)OC1CCC(C(=O)N(CC2CCC(c3ccc(OC)c(C)c3)CC2)c2cc(-c3cnn(C(C)C)c3)ccn2)CC1. The van der Waals surface area contributed by atoms with Crippen molar-refractivity contribution in [2.24, 2.45) is 17.3 Å². The van der Waals surface area contributed by atoms with E-state index in [1.807, 2.05) is 34.1 Å². The predicted molar refractivity (Wildman–Crippen MR) is 195 cm³/mol. The van der Waals surface area contributed by atoms with E-state index < -0.39 is 0 Å². The lowest BCUT2D eigenvalue weighted by Crippen LogP contribution is -2.43. The van der Waals surface area contributed by atoms with Gasteiger partial charge in [0.25, 0.3) is 0 Å². The molecule has 9 nitrogen and oxygen atoms in total. The molecule has 2 aliphatic carbocycles. The third kappa shape index (κ3) is 9.43. The van der Waals surface area contributed by atoms with Gasteiger partial charge in [-0.3, -0.25) is 14.4 Å². The van der Waals surface area contributed by atoms with E-state index >= 15 is 0 Å². The molecule has 0 atom stereocenters. The van der Waals surface area contributed by atoms with Gasteiger partial charge >= 0.3 is 6.09 Å². The highest BCUT2D eigenvalue weighted by atomic mass is 16.6. The standard InChI is InChI=1S/C40H57N5O4/c1-8-40(5,6)26-42-39(47)49-35-16-13-31(14-17-35)38(46)44(37-22-33(19-20-41-37)34-23-43-45(25-34)27(2)3)24-29-9-11-30(12-10-29)32-15-18-36(48-7)28(4)21-32/h15,18-23,25,27,29-31,35H,8-14,16-17,24,26H2,1-7H3,(H,42,47). The number of nitrogens with one attached hydrogen (secondary N) is 1. The minimum Gasteiger partial charge on any atom is -0.496 e. The maximum atomic E-state index is 14.4. The number of methoxy groups -OCH3 is 1. The van der Waals surface area contributed by atoms with Crippen molar-refractivity contribution < 1.29 is 19.1 Å². The van der Waals surface area contributed by atoms with Crippen LogP contribution in [0, 0.1) is 24.2 Å². The molecule has 2 aliphatic rings. The Kier molecular flexibility index (Phi) is 12.0. The number of benzene rings is 1. The number of nitrogens with zero attached hydrogens (tertiary/aromatic N) is 4. The van der Waals surface area contributed by atoms with E-state index in [0.29, 0.717) is 56.4 Å². The summed E-state index contributed by atoms with van der Waals surface area (Å²) < 4.78 is 13.2. The van der Waals surface area contributed by atoms with Gasteiger partial charge in [0, 0.05) is 43.0 Å². The molecule has 9 heteroatoms. The van der Waals surface area contributed by atoms with Gasteiger partial charge in [0.1, 0.15) is 17.7 Å². The molecule has 0 saturated heterocycles. The largest absolute Gasteiger partial charge is 0.496 e. The van der Waals surface area contributed by atoms with Gasteiger partial charge in [-0.15, -0.1) is 0 Å². The number of alkyl carbamates (subject to hydrolysis) is 1. The second kappa shape index (κ2) is 16.2. The highest BCUT2D eigenvalue weighted by molar-refractivity contribution is 5.94. The Bertz CT molecular complexity index is 1550. The van der Waals surface area contributed by atoms with Crippen molar-refractivity contribution in [2.75, 3.05) is 25.1 Å². The quantitative estimate of drug-likeness (QED) is 0.207. The Hall–Kier alpha value is -3.88. The molecule has 2 amide bonds. The topological polar surface area (TPSA) is 98.6 Å². The number of hydrogen-bond acceptors (Lipinski definition) is 6. The number of hydrogen-bond donors (Lipinski definition) is 1. The maximum Gasteiger partial charge on any atom is 0.407 e. The number of anilines is 1. The first kappa shape index (κ1) is 36.4. The summed E-state index contributed by atoms with van der Waals surface area (Å²) in [6.45, 7) is 13.9. The molecule has 2 aromatic heterocycles. The van der Waals surface area contributed by atoms with Crippen LogP contribution < -0.4 is 15.0 Å². The van der Waals surface area contributed by atoms with E-state index in [0.717, 1.165) is 49.0 Å². The Morgan fingerprint density at radius 2 is 1.76 bits per heavy atom. The molecule has 2 heterocycles. The Morgan fingerprint density at radius 3 is 2.39 bits per heavy atom. The average Bonchev–Trinajstić information content (AvgIpc) is 3.61. The first-order chi connectivity index (χ1) is 23.5. The molecular formula is C40H57N5O4. The molecule has 2 saturated carbocycles. The number of ether oxygens (including phenoxy) is 2. The lowest BCUT2D eigenvalue weighted by molar-refractivity contribution is -0.124. The van der Waals surface area contributed by atoms with Gasteiger partial charge < -0.3 is 14.8 Å². The number of amides is 2. The van der Waals surface area contributed by atoms with Crippen LogP contribution in [0.1, 0.15) is 115 Å². The molecule has 0 bridgehead atoms. The van der Waals surface area contributed by atoms with Gasteiger partial charge in [0.15, 0.2) is 0 Å². The van der Waals surface area contributed by atoms with Crippen LogP contribution in [0.3, 0.4) is 0 Å². The van der Waals surface area contributed by atoms with Crippen molar-refractivity contribution in [1.82, 2.24) is 20.1 Å². The minimum absolute atomic E-state index is 0.0285. The molecule has 0 unspecified atom stereocenters. The van der Waals surface area contributed by atoms with Crippen molar-refractivity contribution >= 4 is 17.8 Å². The van der Waals surface area contributed by atoms with E-state index in [2.05, 4.69) is 76.4 Å². The van der Waals surface area contributed by atoms with Gasteiger partial charge in [-0.25, -0.2) is 9.78 Å². The second-order valence-electron chi connectivity index (χ2n) is 15.4. The van der Waals surface area contributed by atoms with Crippen molar-refractivity contribution in [1.29, 1.82) is 0 Å². The molecule has 49 heavy (non-hydrogen) atoms. The van der Waals surface area contributed by atoms with Crippen LogP contribution in [0.5, 0.6) is 5.75 Å². The summed E-state index contributed by atoms with van der Waals surface area (Å²) in [7, 11) is 1.72. The van der Waals surface area contributed by atoms with Crippen LogP contribution in [0.2, 0.25) is 0 Å². The molecule has 266 valence electrons. The fraction of sp³-hybridized carbons (Fsp3) is 0.600. The Balaban J connectivity index is 1.27. The van der Waals surface area contributed by atoms with E-state index in [1.54, 1.807) is 7.11 Å². The smallest absolute Gasteiger partial charge is 0.407 e. The van der Waals surface area contributed by atoms with Gasteiger partial charge in [-0.1, -0.05) is 32.9 Å². The summed E-state index contributed by atoms with van der Waals surface area (Å²) in [6.07, 6.45) is 13.3. The van der Waals surface area contributed by atoms with E-state index in [9.17, 15) is 9.59 Å². The number of rotatable bonds is 12. The summed E-state index contributed by atoms with van der Waals surface area (Å²) in [5.41, 5.74) is 4.59. The molecular weight excluding hydrogens is 614 g/mol. The number of carbonyl (C=O) groups excluding carboxylic acids is 2. The van der Waals surface area contributed by atoms with Crippen LogP contribution in [-0.4, -0.2) is 53.1 Å². The minimum atomic E-state index is -0.361. The first-order valence-electron chi connectivity index (χ1n) is 18.4. The number of pyridine rings is 1. The number of aromatic nitrogens is 3. The highest BCUT2D eigenvalue weighted by Gasteiger charge is 2.34. The van der Waals surface area contributed by atoms with E-state index in [1.165, 1.54) is 11.1 Å². The lowest BCUT2D eigenvalue weighted by Gasteiger charge is -2.36. The summed E-state index contributed by atoms with van der Waals surface area (Å²) in [5.74, 6) is 2.54. The monoisotopic (exact) mass is 671 g/mol. The second-order valence-corrected chi connectivity index (χ2v) is 15.4. The van der Waals surface area contributed by atoms with Gasteiger partial charge in [-0.05, 0) is 131 Å². The third-order valence-corrected chi connectivity index (χ3v) is 10.9. The zero-order chi connectivity index (χ0) is 35.1. The fourth-order valence-electron chi connectivity index (χ4n) is 7.18. The molecule has 0 spiro atoms. The van der Waals surface area contributed by atoms with E-state index in [-0.39, 0.29) is 35.5 Å². The third-order valence-electron chi connectivity index (χ3n) is 10.9. The first-order valence-corrected chi connectivity index (χ1v) is 18.4. The summed E-state index contributed by atoms with van der Waals surface area (Å²) >= 11 is 0. The zero-order valence-corrected chi connectivity index (χ0v) is 30.7. The van der Waals surface area contributed by atoms with Crippen molar-refractivity contribution in [3.8, 4) is 16.9 Å². The van der Waals surface area contributed by atoms with Crippen LogP contribution in [0.15, 0.2) is 48.9 Å². The number of carbonyl (C=O) groups is 2. The van der Waals surface area contributed by atoms with Gasteiger partial charge in [-0.2, -0.15) is 5.10 Å². The Morgan fingerprint density at radius 1 is 1.02 bits per heavy atom. The van der Waals surface area contributed by atoms with Gasteiger partial charge in [0.2, 0.25) is 5.91 Å². The number of aryl methyl sites for hydroxylation is 1. The van der Waals surface area contributed by atoms with Crippen LogP contribution >= 0.6 is 0 Å². The Labute approximate surface area is 293 Å². The normalized spacial score (nSPS) is 21.3. The average molecular weight is 672 g/mol. The predicted octanol–water partition coefficient (Wildman–Crippen LogP) is 8.87. The molecule has 2 fully saturated rings. The molecule has 1 N–H and O–H groups in total. The summed E-state index contributed by atoms with van der Waals surface area (Å²) in [5, 5.41) is 7.47. The molecule has 0 radical (unpaired) electrons. The van der Waals surface area contributed by atoms with Crippen LogP contribution in [0.4, 0.5) is 10.6 Å². The molecule has 0 aliphatic heterocycles. The summed E-state index contributed by atoms with van der Waals surface area (Å²) in [6, 6.07) is 10.9. The summed E-state index contributed by atoms with van der Waals surface area (Å²) in [4.78, 5) is 33.7. The van der Waals surface area contributed by atoms with Crippen molar-refractivity contribution in [2.45, 2.75) is 117 Å². The van der Waals surface area contributed by atoms with Gasteiger partial charge in [0.05, 0.1) is 13.3 Å². The molecule has 5 rings (SSSR count). The lowest BCUT2D eigenvalue weighted by atomic mass is 9.78. The molecule has 1 aromatic carbocycles. The van der Waals surface area contributed by atoms with Crippen LogP contribution in [0.25, 0.3) is 11.1 Å². The van der Waals surface area contributed by atoms with Crippen molar-refractivity contribution in [3.63, 3.8) is 0 Å². The maximum absolute atomic E-state index is 14.4. The fourth-order valence-corrected chi connectivity index (χ4v) is 7.18. The van der Waals surface area contributed by atoms with Crippen LogP contribution in [-0.2, 0) is 9.53 Å². The highest BCUT2D eigenvalue weighted by Crippen LogP contribution is 2.39.